The standard InChI is InChI=1S/C19H17ClN4OS.ClH/c20-14-5-3-4-12(8-14)11-26-19-24-23-18(25-19)16(21)9-13-10-22-17-7-2-1-6-15(13)17;/h1-8,10,16,22H,9,11,21H2;1H/t16-;/m0./s1. The number of para-hydroxylation sites is 1. The van der Waals surface area contributed by atoms with Gasteiger partial charge < -0.3 is 15.1 Å². The maximum absolute atomic E-state index is 6.28. The van der Waals surface area contributed by atoms with Gasteiger partial charge in [0.2, 0.25) is 5.89 Å². The Bertz CT molecular complexity index is 1030. The van der Waals surface area contributed by atoms with Crippen LogP contribution >= 0.6 is 35.8 Å². The Morgan fingerprint density at radius 2 is 2.00 bits per heavy atom. The lowest BCUT2D eigenvalue weighted by Gasteiger charge is -2.05. The van der Waals surface area contributed by atoms with Crippen molar-refractivity contribution in [1.82, 2.24) is 15.2 Å². The lowest BCUT2D eigenvalue weighted by Crippen LogP contribution is -2.13. The predicted octanol–water partition coefficient (Wildman–Crippen LogP) is 5.16. The van der Waals surface area contributed by atoms with Crippen molar-refractivity contribution in [1.29, 1.82) is 0 Å². The molecule has 4 rings (SSSR count). The van der Waals surface area contributed by atoms with Crippen molar-refractivity contribution in [3.8, 4) is 0 Å². The third-order valence-electron chi connectivity index (χ3n) is 4.11. The Kier molecular flexibility index (Phi) is 6.44. The van der Waals surface area contributed by atoms with Crippen molar-refractivity contribution in [3.05, 3.63) is 76.8 Å². The van der Waals surface area contributed by atoms with Gasteiger partial charge in [0.25, 0.3) is 5.22 Å². The van der Waals surface area contributed by atoms with Gasteiger partial charge in [0.1, 0.15) is 0 Å². The third kappa shape index (κ3) is 4.65. The fraction of sp³-hybridized carbons (Fsp3) is 0.158. The Labute approximate surface area is 172 Å². The summed E-state index contributed by atoms with van der Waals surface area (Å²) in [7, 11) is 0. The average Bonchev–Trinajstić information content (AvgIpc) is 3.28. The zero-order valence-corrected chi connectivity index (χ0v) is 16.7. The number of nitrogens with two attached hydrogens (primary N) is 1. The van der Waals surface area contributed by atoms with E-state index in [9.17, 15) is 0 Å². The predicted molar refractivity (Wildman–Crippen MR) is 111 cm³/mol. The molecule has 3 N–H and O–H groups in total. The van der Waals surface area contributed by atoms with E-state index >= 15 is 0 Å². The summed E-state index contributed by atoms with van der Waals surface area (Å²) in [6.07, 6.45) is 2.61. The quantitative estimate of drug-likeness (QED) is 0.421. The molecule has 0 aliphatic carbocycles. The van der Waals surface area contributed by atoms with Crippen molar-refractivity contribution >= 4 is 46.7 Å². The number of aromatic amines is 1. The molecule has 4 aromatic rings. The van der Waals surface area contributed by atoms with Gasteiger partial charge >= 0.3 is 0 Å². The first-order chi connectivity index (χ1) is 12.7. The molecule has 8 heteroatoms. The van der Waals surface area contributed by atoms with Gasteiger partial charge in [0.15, 0.2) is 0 Å². The number of rotatable bonds is 6. The summed E-state index contributed by atoms with van der Waals surface area (Å²) in [4.78, 5) is 3.26. The summed E-state index contributed by atoms with van der Waals surface area (Å²) in [5.74, 6) is 1.16. The lowest BCUT2D eigenvalue weighted by atomic mass is 10.1. The molecule has 1 atom stereocenters. The molecule has 0 aliphatic rings. The number of nitrogens with one attached hydrogen (secondary N) is 1. The van der Waals surface area contributed by atoms with Crippen LogP contribution in [0, 0.1) is 0 Å². The number of nitrogens with zero attached hydrogens (tertiary/aromatic N) is 2. The first-order valence-electron chi connectivity index (χ1n) is 8.20. The zero-order valence-electron chi connectivity index (χ0n) is 14.3. The molecule has 0 amide bonds. The summed E-state index contributed by atoms with van der Waals surface area (Å²) < 4.78 is 5.73. The fourth-order valence-corrected chi connectivity index (χ4v) is 3.75. The van der Waals surface area contributed by atoms with Gasteiger partial charge in [-0.25, -0.2) is 0 Å². The highest BCUT2D eigenvalue weighted by atomic mass is 35.5. The van der Waals surface area contributed by atoms with Gasteiger partial charge in [0, 0.05) is 27.9 Å². The molecule has 2 aromatic carbocycles. The summed E-state index contributed by atoms with van der Waals surface area (Å²) >= 11 is 7.47. The molecule has 0 bridgehead atoms. The molecule has 0 aliphatic heterocycles. The number of hydrogen-bond acceptors (Lipinski definition) is 5. The minimum Gasteiger partial charge on any atom is -0.414 e. The maximum atomic E-state index is 6.28. The van der Waals surface area contributed by atoms with Gasteiger partial charge in [-0.2, -0.15) is 0 Å². The van der Waals surface area contributed by atoms with E-state index in [0.717, 1.165) is 27.1 Å². The van der Waals surface area contributed by atoms with Gasteiger partial charge in [-0.15, -0.1) is 22.6 Å². The summed E-state index contributed by atoms with van der Waals surface area (Å²) in [5, 5.41) is 10.6. The van der Waals surface area contributed by atoms with E-state index in [1.807, 2.05) is 48.7 Å². The maximum Gasteiger partial charge on any atom is 0.276 e. The second-order valence-corrected chi connectivity index (χ2v) is 7.36. The molecular formula is C19H18Cl2N4OS. The molecular weight excluding hydrogens is 403 g/mol. The van der Waals surface area contributed by atoms with Crippen LogP contribution in [0.15, 0.2) is 64.4 Å². The number of benzene rings is 2. The summed E-state index contributed by atoms with van der Waals surface area (Å²) in [5.41, 5.74) is 9.62. The molecule has 140 valence electrons. The molecule has 2 heterocycles. The van der Waals surface area contributed by atoms with Crippen molar-refractivity contribution < 1.29 is 4.42 Å². The van der Waals surface area contributed by atoms with Crippen LogP contribution in [0.5, 0.6) is 0 Å². The lowest BCUT2D eigenvalue weighted by molar-refractivity contribution is 0.385. The first-order valence-corrected chi connectivity index (χ1v) is 9.56. The SMILES string of the molecule is Cl.N[C@@H](Cc1c[nH]c2ccccc12)c1nnc(SCc2cccc(Cl)c2)o1. The van der Waals surface area contributed by atoms with E-state index in [0.29, 0.717) is 23.3 Å². The van der Waals surface area contributed by atoms with E-state index in [4.69, 9.17) is 21.8 Å². The zero-order chi connectivity index (χ0) is 17.9. The number of hydrogen-bond donors (Lipinski definition) is 2. The molecule has 0 unspecified atom stereocenters. The van der Waals surface area contributed by atoms with E-state index in [1.165, 1.54) is 11.8 Å². The molecule has 0 spiro atoms. The van der Waals surface area contributed by atoms with Gasteiger partial charge in [-0.1, -0.05) is 53.7 Å². The Balaban J connectivity index is 0.00000210. The number of halogens is 2. The number of fused-ring (bicyclic) bond motifs is 1. The minimum atomic E-state index is -0.345. The fourth-order valence-electron chi connectivity index (χ4n) is 2.83. The third-order valence-corrected chi connectivity index (χ3v) is 5.23. The van der Waals surface area contributed by atoms with Crippen molar-refractivity contribution in [2.75, 3.05) is 0 Å². The second kappa shape index (κ2) is 8.80. The van der Waals surface area contributed by atoms with Crippen LogP contribution in [0.1, 0.15) is 23.1 Å². The van der Waals surface area contributed by atoms with E-state index < -0.39 is 0 Å². The van der Waals surface area contributed by atoms with E-state index in [-0.39, 0.29) is 18.4 Å². The highest BCUT2D eigenvalue weighted by Crippen LogP contribution is 2.26. The van der Waals surface area contributed by atoms with Crippen LogP contribution in [0.2, 0.25) is 5.02 Å². The Morgan fingerprint density at radius 1 is 1.15 bits per heavy atom. The van der Waals surface area contributed by atoms with Crippen molar-refractivity contribution in [2.24, 2.45) is 5.73 Å². The van der Waals surface area contributed by atoms with Crippen LogP contribution in [-0.4, -0.2) is 15.2 Å². The second-order valence-electron chi connectivity index (χ2n) is 5.99. The Hall–Kier alpha value is -1.99. The highest BCUT2D eigenvalue weighted by molar-refractivity contribution is 7.98. The summed E-state index contributed by atoms with van der Waals surface area (Å²) in [6.45, 7) is 0. The monoisotopic (exact) mass is 420 g/mol. The van der Waals surface area contributed by atoms with E-state index in [2.05, 4.69) is 21.2 Å². The van der Waals surface area contributed by atoms with Gasteiger partial charge in [-0.05, 0) is 35.7 Å². The molecule has 0 saturated heterocycles. The van der Waals surface area contributed by atoms with Crippen molar-refractivity contribution in [3.63, 3.8) is 0 Å². The van der Waals surface area contributed by atoms with Crippen LogP contribution in [0.3, 0.4) is 0 Å². The number of H-pyrrole nitrogens is 1. The van der Waals surface area contributed by atoms with Crippen LogP contribution < -0.4 is 5.73 Å². The molecule has 0 saturated carbocycles. The average molecular weight is 421 g/mol. The number of thioether (sulfide) groups is 1. The molecule has 0 fully saturated rings. The largest absolute Gasteiger partial charge is 0.414 e. The van der Waals surface area contributed by atoms with Crippen molar-refractivity contribution in [2.45, 2.75) is 23.4 Å². The summed E-state index contributed by atoms with van der Waals surface area (Å²) in [6, 6.07) is 15.5. The first kappa shape index (κ1) is 19.8. The van der Waals surface area contributed by atoms with Gasteiger partial charge in [0.05, 0.1) is 6.04 Å². The number of aromatic nitrogens is 3. The smallest absolute Gasteiger partial charge is 0.276 e. The molecule has 2 aromatic heterocycles. The molecule has 0 radical (unpaired) electrons. The molecule has 5 nitrogen and oxygen atoms in total. The van der Waals surface area contributed by atoms with Crippen LogP contribution in [-0.2, 0) is 12.2 Å². The normalized spacial score (nSPS) is 12.1. The highest BCUT2D eigenvalue weighted by Gasteiger charge is 2.17. The van der Waals surface area contributed by atoms with Crippen LogP contribution in [0.25, 0.3) is 10.9 Å². The molecule has 27 heavy (non-hydrogen) atoms. The van der Waals surface area contributed by atoms with Gasteiger partial charge in [-0.3, -0.25) is 0 Å². The topological polar surface area (TPSA) is 80.7 Å². The minimum absolute atomic E-state index is 0. The van der Waals surface area contributed by atoms with E-state index in [1.54, 1.807) is 0 Å². The van der Waals surface area contributed by atoms with Crippen LogP contribution in [0.4, 0.5) is 0 Å². The Morgan fingerprint density at radius 3 is 2.85 bits per heavy atom.